The summed E-state index contributed by atoms with van der Waals surface area (Å²) in [5, 5.41) is 28.9. The normalized spacial score (nSPS) is 10.3. The van der Waals surface area contributed by atoms with Crippen molar-refractivity contribution in [2.75, 3.05) is 24.7 Å². The van der Waals surface area contributed by atoms with E-state index < -0.39 is 5.91 Å². The van der Waals surface area contributed by atoms with Crippen molar-refractivity contribution >= 4 is 23.5 Å². The van der Waals surface area contributed by atoms with Crippen LogP contribution in [-0.4, -0.2) is 35.0 Å². The van der Waals surface area contributed by atoms with Gasteiger partial charge in [-0.15, -0.1) is 11.8 Å². The van der Waals surface area contributed by atoms with Gasteiger partial charge < -0.3 is 21.3 Å². The Labute approximate surface area is 195 Å². The number of nitriles is 2. The molecule has 2 aromatic carbocycles. The van der Waals surface area contributed by atoms with Crippen molar-refractivity contribution < 1.29 is 14.6 Å². The number of aliphatic hydroxyl groups is 1. The minimum atomic E-state index is -0.491. The van der Waals surface area contributed by atoms with E-state index in [-0.39, 0.29) is 30.2 Å². The SMILES string of the molecule is N#Cc1c(N)nc(SCCc2cccc(C(N)=O)c2)c(C#N)c1-c1ccc(OCCO)cc1. The first kappa shape index (κ1) is 23.6. The van der Waals surface area contributed by atoms with Crippen LogP contribution in [0.3, 0.4) is 0 Å². The maximum Gasteiger partial charge on any atom is 0.248 e. The summed E-state index contributed by atoms with van der Waals surface area (Å²) in [4.78, 5) is 15.7. The van der Waals surface area contributed by atoms with E-state index in [2.05, 4.69) is 17.1 Å². The number of nitrogens with zero attached hydrogens (tertiary/aromatic N) is 3. The van der Waals surface area contributed by atoms with Crippen molar-refractivity contribution in [2.24, 2.45) is 5.73 Å². The number of primary amides is 1. The summed E-state index contributed by atoms with van der Waals surface area (Å²) in [6.07, 6.45) is 0.616. The van der Waals surface area contributed by atoms with Crippen LogP contribution in [-0.2, 0) is 6.42 Å². The molecule has 5 N–H and O–H groups in total. The second-order valence-corrected chi connectivity index (χ2v) is 7.99. The second-order valence-electron chi connectivity index (χ2n) is 6.91. The van der Waals surface area contributed by atoms with Gasteiger partial charge in [0.2, 0.25) is 5.91 Å². The predicted octanol–water partition coefficient (Wildman–Crippen LogP) is 2.88. The molecule has 3 rings (SSSR count). The fourth-order valence-corrected chi connectivity index (χ4v) is 4.20. The molecule has 0 fully saturated rings. The number of ether oxygens (including phenoxy) is 1. The lowest BCUT2D eigenvalue weighted by molar-refractivity contribution is 0.1000. The number of carbonyl (C=O) groups excluding carboxylic acids is 1. The number of benzene rings is 2. The smallest absolute Gasteiger partial charge is 0.248 e. The van der Waals surface area contributed by atoms with Gasteiger partial charge in [-0.1, -0.05) is 24.3 Å². The van der Waals surface area contributed by atoms with E-state index in [0.717, 1.165) is 5.56 Å². The Kier molecular flexibility index (Phi) is 7.87. The molecule has 1 heterocycles. The van der Waals surface area contributed by atoms with Crippen molar-refractivity contribution in [1.82, 2.24) is 4.98 Å². The number of nitrogens with two attached hydrogens (primary N) is 2. The standard InChI is InChI=1S/C24H21N5O3S/c25-13-19-21(16-4-6-18(7-5-16)32-10-9-30)20(14-26)24(29-22(19)27)33-11-8-15-2-1-3-17(12-15)23(28)31/h1-7,12,30H,8-11H2,(H2,27,29)(H2,28,31). The second kappa shape index (κ2) is 11.0. The summed E-state index contributed by atoms with van der Waals surface area (Å²) in [6, 6.07) is 18.1. The van der Waals surface area contributed by atoms with Gasteiger partial charge >= 0.3 is 0 Å². The highest BCUT2D eigenvalue weighted by atomic mass is 32.2. The number of nitrogen functional groups attached to an aromatic ring is 1. The number of hydrogen-bond acceptors (Lipinski definition) is 8. The number of amides is 1. The molecule has 0 aliphatic rings. The lowest BCUT2D eigenvalue weighted by Gasteiger charge is -2.13. The first-order chi connectivity index (χ1) is 16.0. The molecular weight excluding hydrogens is 438 g/mol. The molecule has 0 aliphatic heterocycles. The Hall–Kier alpha value is -4.05. The fraction of sp³-hybridized carbons (Fsp3) is 0.167. The largest absolute Gasteiger partial charge is 0.491 e. The molecule has 1 aromatic heterocycles. The molecule has 0 radical (unpaired) electrons. The van der Waals surface area contributed by atoms with E-state index >= 15 is 0 Å². The van der Waals surface area contributed by atoms with Crippen molar-refractivity contribution in [3.8, 4) is 29.0 Å². The molecule has 1 amide bonds. The average molecular weight is 460 g/mol. The summed E-state index contributed by atoms with van der Waals surface area (Å²) < 4.78 is 5.37. The van der Waals surface area contributed by atoms with Gasteiger partial charge in [0.1, 0.15) is 40.9 Å². The first-order valence-corrected chi connectivity index (χ1v) is 11.0. The van der Waals surface area contributed by atoms with Gasteiger partial charge in [0.25, 0.3) is 0 Å². The van der Waals surface area contributed by atoms with Crippen LogP contribution >= 0.6 is 11.8 Å². The maximum atomic E-state index is 11.4. The highest BCUT2D eigenvalue weighted by Gasteiger charge is 2.20. The van der Waals surface area contributed by atoms with Crippen molar-refractivity contribution in [3.05, 3.63) is 70.8 Å². The third-order valence-electron chi connectivity index (χ3n) is 4.76. The monoisotopic (exact) mass is 459 g/mol. The predicted molar refractivity (Wildman–Crippen MR) is 125 cm³/mol. The van der Waals surface area contributed by atoms with Crippen molar-refractivity contribution in [2.45, 2.75) is 11.4 Å². The molecule has 0 spiro atoms. The number of aromatic nitrogens is 1. The van der Waals surface area contributed by atoms with Gasteiger partial charge in [0.05, 0.1) is 12.2 Å². The highest BCUT2D eigenvalue weighted by Crippen LogP contribution is 2.36. The van der Waals surface area contributed by atoms with Gasteiger partial charge in [0.15, 0.2) is 0 Å². The number of anilines is 1. The van der Waals surface area contributed by atoms with Crippen LogP contribution in [0.5, 0.6) is 5.75 Å². The molecule has 0 bridgehead atoms. The number of carbonyl (C=O) groups is 1. The van der Waals surface area contributed by atoms with Crippen LogP contribution in [0.2, 0.25) is 0 Å². The van der Waals surface area contributed by atoms with E-state index in [1.54, 1.807) is 42.5 Å². The van der Waals surface area contributed by atoms with Gasteiger partial charge in [-0.2, -0.15) is 10.5 Å². The molecule has 8 nitrogen and oxygen atoms in total. The lowest BCUT2D eigenvalue weighted by atomic mass is 9.97. The Morgan fingerprint density at radius 1 is 1.12 bits per heavy atom. The number of aliphatic hydroxyl groups excluding tert-OH is 1. The first-order valence-electron chi connectivity index (χ1n) is 9.97. The Morgan fingerprint density at radius 3 is 2.48 bits per heavy atom. The molecule has 0 saturated heterocycles. The van der Waals surface area contributed by atoms with Crippen LogP contribution in [0, 0.1) is 22.7 Å². The van der Waals surface area contributed by atoms with E-state index in [1.165, 1.54) is 11.8 Å². The molecule has 0 saturated carbocycles. The van der Waals surface area contributed by atoms with Gasteiger partial charge in [0, 0.05) is 16.9 Å². The minimum absolute atomic E-state index is 0.0466. The Balaban J connectivity index is 1.90. The van der Waals surface area contributed by atoms with Gasteiger partial charge in [-0.25, -0.2) is 4.98 Å². The van der Waals surface area contributed by atoms with Crippen LogP contribution in [0.4, 0.5) is 5.82 Å². The van der Waals surface area contributed by atoms with Crippen LogP contribution < -0.4 is 16.2 Å². The number of rotatable bonds is 9. The Morgan fingerprint density at radius 2 is 1.85 bits per heavy atom. The molecule has 3 aromatic rings. The summed E-state index contributed by atoms with van der Waals surface area (Å²) >= 11 is 1.35. The van der Waals surface area contributed by atoms with Crippen LogP contribution in [0.25, 0.3) is 11.1 Å². The Bertz CT molecular complexity index is 1250. The van der Waals surface area contributed by atoms with Crippen LogP contribution in [0.1, 0.15) is 27.0 Å². The molecule has 0 unspecified atom stereocenters. The van der Waals surface area contributed by atoms with E-state index in [0.29, 0.717) is 39.6 Å². The lowest BCUT2D eigenvalue weighted by Crippen LogP contribution is -2.11. The summed E-state index contributed by atoms with van der Waals surface area (Å²) in [6.45, 7) is 0.0603. The number of pyridine rings is 1. The molecule has 0 aliphatic carbocycles. The van der Waals surface area contributed by atoms with Crippen molar-refractivity contribution in [1.29, 1.82) is 10.5 Å². The minimum Gasteiger partial charge on any atom is -0.491 e. The number of thioether (sulfide) groups is 1. The molecule has 9 heteroatoms. The van der Waals surface area contributed by atoms with E-state index in [9.17, 15) is 15.3 Å². The topological polar surface area (TPSA) is 159 Å². The molecular formula is C24H21N5O3S. The highest BCUT2D eigenvalue weighted by molar-refractivity contribution is 7.99. The summed E-state index contributed by atoms with van der Waals surface area (Å²) in [5.41, 5.74) is 14.2. The third kappa shape index (κ3) is 5.60. The van der Waals surface area contributed by atoms with Gasteiger partial charge in [-0.05, 0) is 41.8 Å². The zero-order chi connectivity index (χ0) is 23.8. The maximum absolute atomic E-state index is 11.4. The summed E-state index contributed by atoms with van der Waals surface area (Å²) in [5.74, 6) is 0.683. The van der Waals surface area contributed by atoms with E-state index in [4.69, 9.17) is 21.3 Å². The zero-order valence-electron chi connectivity index (χ0n) is 17.6. The van der Waals surface area contributed by atoms with E-state index in [1.807, 2.05) is 6.07 Å². The molecule has 166 valence electrons. The fourth-order valence-electron chi connectivity index (χ4n) is 3.22. The number of hydrogen-bond donors (Lipinski definition) is 3. The molecule has 33 heavy (non-hydrogen) atoms. The third-order valence-corrected chi connectivity index (χ3v) is 5.74. The number of aryl methyl sites for hydroxylation is 1. The van der Waals surface area contributed by atoms with Crippen molar-refractivity contribution in [3.63, 3.8) is 0 Å². The average Bonchev–Trinajstić information content (AvgIpc) is 2.83. The quantitative estimate of drug-likeness (QED) is 0.412. The van der Waals surface area contributed by atoms with Gasteiger partial charge in [-0.3, -0.25) is 4.79 Å². The molecule has 0 atom stereocenters. The zero-order valence-corrected chi connectivity index (χ0v) is 18.4. The van der Waals surface area contributed by atoms with Crippen LogP contribution in [0.15, 0.2) is 53.6 Å². The summed E-state index contributed by atoms with van der Waals surface area (Å²) in [7, 11) is 0.